The van der Waals surface area contributed by atoms with Crippen LogP contribution in [0, 0.1) is 5.92 Å². The summed E-state index contributed by atoms with van der Waals surface area (Å²) < 4.78 is 0. The monoisotopic (exact) mass is 174 g/mol. The second-order valence-electron chi connectivity index (χ2n) is 2.52. The Morgan fingerprint density at radius 3 is 2.36 bits per heavy atom. The summed E-state index contributed by atoms with van der Waals surface area (Å²) in [6, 6.07) is 0. The summed E-state index contributed by atoms with van der Waals surface area (Å²) in [6.07, 6.45) is 2.29. The highest BCUT2D eigenvalue weighted by molar-refractivity contribution is 7.80. The molecular formula is C8H14O2S. The van der Waals surface area contributed by atoms with Gasteiger partial charge >= 0.3 is 5.97 Å². The molecule has 0 saturated carbocycles. The maximum Gasteiger partial charge on any atom is 0.311 e. The van der Waals surface area contributed by atoms with Crippen molar-refractivity contribution in [3.05, 3.63) is 0 Å². The first kappa shape index (κ1) is 10.6. The van der Waals surface area contributed by atoms with E-state index in [-0.39, 0.29) is 0 Å². The van der Waals surface area contributed by atoms with E-state index < -0.39 is 11.9 Å². The van der Waals surface area contributed by atoms with E-state index in [1.807, 2.05) is 13.8 Å². The van der Waals surface area contributed by atoms with Crippen LogP contribution in [0.5, 0.6) is 0 Å². The van der Waals surface area contributed by atoms with Gasteiger partial charge in [-0.3, -0.25) is 4.79 Å². The zero-order valence-electron chi connectivity index (χ0n) is 6.96. The largest absolute Gasteiger partial charge is 0.481 e. The third-order valence-corrected chi connectivity index (χ3v) is 2.08. The number of thiocarbonyl (C=S) groups is 1. The van der Waals surface area contributed by atoms with Gasteiger partial charge in [0.1, 0.15) is 0 Å². The second-order valence-corrected chi connectivity index (χ2v) is 3.04. The molecule has 0 rings (SSSR count). The van der Waals surface area contributed by atoms with Crippen molar-refractivity contribution >= 4 is 23.1 Å². The molecule has 64 valence electrons. The zero-order valence-corrected chi connectivity index (χ0v) is 7.78. The molecule has 0 aliphatic heterocycles. The lowest BCUT2D eigenvalue weighted by Crippen LogP contribution is -2.21. The molecule has 0 amide bonds. The van der Waals surface area contributed by atoms with Crippen molar-refractivity contribution < 1.29 is 9.90 Å². The molecule has 0 bridgehead atoms. The highest BCUT2D eigenvalue weighted by Gasteiger charge is 2.18. The first-order valence-electron chi connectivity index (χ1n) is 3.89. The minimum Gasteiger partial charge on any atom is -0.481 e. The summed E-state index contributed by atoms with van der Waals surface area (Å²) in [5.41, 5.74) is 0. The predicted octanol–water partition coefficient (Wildman–Crippen LogP) is 2.27. The maximum atomic E-state index is 10.6. The lowest BCUT2D eigenvalue weighted by Gasteiger charge is -2.09. The first-order valence-corrected chi connectivity index (χ1v) is 4.29. The average Bonchev–Trinajstić information content (AvgIpc) is 1.88. The van der Waals surface area contributed by atoms with Gasteiger partial charge in [0.15, 0.2) is 0 Å². The number of carboxylic acids is 1. The Balaban J connectivity index is 4.03. The number of hydrogen-bond donors (Lipinski definition) is 1. The molecule has 0 saturated heterocycles. The summed E-state index contributed by atoms with van der Waals surface area (Å²) in [5, 5.41) is 8.68. The van der Waals surface area contributed by atoms with E-state index in [9.17, 15) is 4.79 Å². The minimum absolute atomic E-state index is 0.412. The number of carbonyl (C=O) groups is 1. The number of hydrogen-bond acceptors (Lipinski definition) is 2. The molecule has 1 atom stereocenters. The average molecular weight is 174 g/mol. The van der Waals surface area contributed by atoms with E-state index in [1.165, 1.54) is 0 Å². The van der Waals surface area contributed by atoms with E-state index in [1.54, 1.807) is 0 Å². The van der Waals surface area contributed by atoms with Gasteiger partial charge in [-0.15, -0.1) is 0 Å². The van der Waals surface area contributed by atoms with Crippen LogP contribution in [0.15, 0.2) is 0 Å². The topological polar surface area (TPSA) is 37.3 Å². The first-order chi connectivity index (χ1) is 5.13. The molecule has 0 aromatic rings. The van der Waals surface area contributed by atoms with Crippen LogP contribution in [-0.2, 0) is 4.79 Å². The van der Waals surface area contributed by atoms with Gasteiger partial charge in [-0.2, -0.15) is 0 Å². The third kappa shape index (κ3) is 3.46. The summed E-state index contributed by atoms with van der Waals surface area (Å²) in [7, 11) is 0. The Kier molecular flexibility index (Phi) is 5.03. The van der Waals surface area contributed by atoms with Crippen LogP contribution in [0.4, 0.5) is 0 Å². The van der Waals surface area contributed by atoms with Crippen LogP contribution >= 0.6 is 12.2 Å². The summed E-state index contributed by atoms with van der Waals surface area (Å²) in [4.78, 5) is 11.2. The Bertz CT molecular complexity index is 154. The molecule has 2 nitrogen and oxygen atoms in total. The van der Waals surface area contributed by atoms with Gasteiger partial charge in [-0.05, 0) is 12.8 Å². The lowest BCUT2D eigenvalue weighted by molar-refractivity contribution is -0.139. The van der Waals surface area contributed by atoms with Crippen LogP contribution in [0.2, 0.25) is 0 Å². The van der Waals surface area contributed by atoms with Crippen molar-refractivity contribution in [1.82, 2.24) is 0 Å². The Morgan fingerprint density at radius 1 is 1.55 bits per heavy atom. The number of rotatable bonds is 5. The standard InChI is InChI=1S/C8H14O2S/c1-3-5-7(11)6(4-2)8(9)10/h6H,3-5H2,1-2H3,(H,9,10). The molecule has 0 fully saturated rings. The molecule has 0 radical (unpaired) electrons. The Morgan fingerprint density at radius 2 is 2.09 bits per heavy atom. The van der Waals surface area contributed by atoms with Gasteiger partial charge in [-0.1, -0.05) is 32.5 Å². The normalized spacial score (nSPS) is 12.5. The van der Waals surface area contributed by atoms with Gasteiger partial charge in [-0.25, -0.2) is 0 Å². The molecular weight excluding hydrogens is 160 g/mol. The molecule has 3 heteroatoms. The maximum absolute atomic E-state index is 10.6. The van der Waals surface area contributed by atoms with Crippen molar-refractivity contribution in [3.8, 4) is 0 Å². The molecule has 0 aromatic carbocycles. The van der Waals surface area contributed by atoms with Crippen molar-refractivity contribution in [3.63, 3.8) is 0 Å². The van der Waals surface area contributed by atoms with Gasteiger partial charge in [0.2, 0.25) is 0 Å². The molecule has 11 heavy (non-hydrogen) atoms. The van der Waals surface area contributed by atoms with E-state index in [0.717, 1.165) is 12.8 Å². The van der Waals surface area contributed by atoms with Crippen molar-refractivity contribution in [1.29, 1.82) is 0 Å². The zero-order chi connectivity index (χ0) is 8.85. The van der Waals surface area contributed by atoms with Crippen LogP contribution in [0.25, 0.3) is 0 Å². The Hall–Kier alpha value is -0.440. The van der Waals surface area contributed by atoms with Crippen molar-refractivity contribution in [2.45, 2.75) is 33.1 Å². The molecule has 0 aliphatic carbocycles. The lowest BCUT2D eigenvalue weighted by atomic mass is 9.99. The van der Waals surface area contributed by atoms with Crippen LogP contribution in [0.1, 0.15) is 33.1 Å². The van der Waals surface area contributed by atoms with Crippen molar-refractivity contribution in [2.24, 2.45) is 5.92 Å². The molecule has 0 aromatic heterocycles. The number of aliphatic carboxylic acids is 1. The van der Waals surface area contributed by atoms with E-state index >= 15 is 0 Å². The predicted molar refractivity (Wildman–Crippen MR) is 48.9 cm³/mol. The highest BCUT2D eigenvalue weighted by Crippen LogP contribution is 2.10. The molecule has 0 spiro atoms. The smallest absolute Gasteiger partial charge is 0.311 e. The fourth-order valence-electron chi connectivity index (χ4n) is 0.961. The van der Waals surface area contributed by atoms with Gasteiger partial charge in [0, 0.05) is 4.86 Å². The quantitative estimate of drug-likeness (QED) is 0.650. The summed E-state index contributed by atoms with van der Waals surface area (Å²) in [5.74, 6) is -1.20. The van der Waals surface area contributed by atoms with Crippen LogP contribution < -0.4 is 0 Å². The number of carboxylic acid groups (broad SMARTS) is 1. The van der Waals surface area contributed by atoms with E-state index in [4.69, 9.17) is 17.3 Å². The summed E-state index contributed by atoms with van der Waals surface area (Å²) in [6.45, 7) is 3.85. The fraction of sp³-hybridized carbons (Fsp3) is 0.750. The molecule has 1 N–H and O–H groups in total. The fourth-order valence-corrected chi connectivity index (χ4v) is 1.43. The third-order valence-electron chi connectivity index (χ3n) is 1.59. The van der Waals surface area contributed by atoms with E-state index in [2.05, 4.69) is 0 Å². The molecule has 0 heterocycles. The highest BCUT2D eigenvalue weighted by atomic mass is 32.1. The second kappa shape index (κ2) is 5.24. The SMILES string of the molecule is CCCC(=S)C(CC)C(=O)O. The van der Waals surface area contributed by atoms with Gasteiger partial charge in [0.25, 0.3) is 0 Å². The van der Waals surface area contributed by atoms with Gasteiger partial charge < -0.3 is 5.11 Å². The summed E-state index contributed by atoms with van der Waals surface area (Å²) >= 11 is 4.97. The molecule has 0 aliphatic rings. The minimum atomic E-state index is -0.786. The van der Waals surface area contributed by atoms with Crippen LogP contribution in [-0.4, -0.2) is 15.9 Å². The van der Waals surface area contributed by atoms with Crippen LogP contribution in [0.3, 0.4) is 0 Å². The van der Waals surface area contributed by atoms with Crippen molar-refractivity contribution in [2.75, 3.05) is 0 Å². The molecule has 1 unspecified atom stereocenters. The Labute approximate surface area is 72.6 Å². The van der Waals surface area contributed by atoms with E-state index in [0.29, 0.717) is 11.3 Å². The van der Waals surface area contributed by atoms with Gasteiger partial charge in [0.05, 0.1) is 5.92 Å².